The molecule has 0 unspecified atom stereocenters. The van der Waals surface area contributed by atoms with E-state index in [1.54, 1.807) is 0 Å². The fraction of sp³-hybridized carbons (Fsp3) is 0.0625. The van der Waals surface area contributed by atoms with Crippen molar-refractivity contribution in [1.82, 2.24) is 4.98 Å². The zero-order valence-corrected chi connectivity index (χ0v) is 9.72. The van der Waals surface area contributed by atoms with Crippen LogP contribution >= 0.6 is 0 Å². The van der Waals surface area contributed by atoms with E-state index in [0.29, 0.717) is 0 Å². The standard InChI is InChI=1S/C16H13N/c1-12-10-14-8-5-9-17-16(14)15(11-12)13-6-3-2-4-7-13/h2-11H,1H3. The summed E-state index contributed by atoms with van der Waals surface area (Å²) in [7, 11) is 0. The number of aromatic nitrogens is 1. The summed E-state index contributed by atoms with van der Waals surface area (Å²) in [6.07, 6.45) is 1.85. The lowest BCUT2D eigenvalue weighted by Gasteiger charge is -2.07. The zero-order valence-electron chi connectivity index (χ0n) is 9.72. The molecule has 0 N–H and O–H groups in total. The summed E-state index contributed by atoms with van der Waals surface area (Å²) in [6, 6.07) is 18.9. The van der Waals surface area contributed by atoms with Crippen LogP contribution in [0.4, 0.5) is 0 Å². The van der Waals surface area contributed by atoms with Crippen LogP contribution in [-0.4, -0.2) is 4.98 Å². The van der Waals surface area contributed by atoms with Crippen molar-refractivity contribution in [2.75, 3.05) is 0 Å². The molecule has 0 radical (unpaired) electrons. The Bertz CT molecular complexity index is 657. The number of benzene rings is 2. The second kappa shape index (κ2) is 4.02. The summed E-state index contributed by atoms with van der Waals surface area (Å²) >= 11 is 0. The molecule has 1 heterocycles. The molecule has 2 aromatic carbocycles. The van der Waals surface area contributed by atoms with Crippen molar-refractivity contribution in [3.8, 4) is 11.1 Å². The Balaban J connectivity index is 2.36. The molecule has 0 aliphatic carbocycles. The lowest BCUT2D eigenvalue weighted by Crippen LogP contribution is -1.86. The summed E-state index contributed by atoms with van der Waals surface area (Å²) in [4.78, 5) is 4.50. The van der Waals surface area contributed by atoms with E-state index in [1.807, 2.05) is 18.3 Å². The highest BCUT2D eigenvalue weighted by molar-refractivity contribution is 5.94. The Morgan fingerprint density at radius 3 is 2.53 bits per heavy atom. The summed E-state index contributed by atoms with van der Waals surface area (Å²) < 4.78 is 0. The van der Waals surface area contributed by atoms with Crippen LogP contribution in [0.1, 0.15) is 5.56 Å². The maximum Gasteiger partial charge on any atom is 0.0780 e. The fourth-order valence-electron chi connectivity index (χ4n) is 2.18. The number of pyridine rings is 1. The Hall–Kier alpha value is -2.15. The Morgan fingerprint density at radius 1 is 0.882 bits per heavy atom. The van der Waals surface area contributed by atoms with Gasteiger partial charge in [0.1, 0.15) is 0 Å². The average Bonchev–Trinajstić information content (AvgIpc) is 2.39. The lowest BCUT2D eigenvalue weighted by molar-refractivity contribution is 1.39. The molecule has 0 saturated heterocycles. The highest BCUT2D eigenvalue weighted by Crippen LogP contribution is 2.28. The van der Waals surface area contributed by atoms with E-state index in [-0.39, 0.29) is 0 Å². The minimum Gasteiger partial charge on any atom is -0.256 e. The van der Waals surface area contributed by atoms with Crippen LogP contribution in [0.5, 0.6) is 0 Å². The smallest absolute Gasteiger partial charge is 0.0780 e. The van der Waals surface area contributed by atoms with Crippen molar-refractivity contribution in [2.24, 2.45) is 0 Å². The number of hydrogen-bond acceptors (Lipinski definition) is 1. The molecule has 0 saturated carbocycles. The van der Waals surface area contributed by atoms with Gasteiger partial charge in [0.2, 0.25) is 0 Å². The van der Waals surface area contributed by atoms with Gasteiger partial charge in [-0.2, -0.15) is 0 Å². The van der Waals surface area contributed by atoms with Gasteiger partial charge in [0.05, 0.1) is 5.52 Å². The molecular formula is C16H13N. The van der Waals surface area contributed by atoms with Crippen LogP contribution in [0.25, 0.3) is 22.0 Å². The summed E-state index contributed by atoms with van der Waals surface area (Å²) in [5, 5.41) is 1.20. The predicted octanol–water partition coefficient (Wildman–Crippen LogP) is 4.21. The van der Waals surface area contributed by atoms with Gasteiger partial charge in [-0.1, -0.05) is 36.4 Å². The monoisotopic (exact) mass is 219 g/mol. The quantitative estimate of drug-likeness (QED) is 0.597. The molecule has 0 fully saturated rings. The highest BCUT2D eigenvalue weighted by atomic mass is 14.6. The molecule has 0 aliphatic rings. The van der Waals surface area contributed by atoms with Crippen molar-refractivity contribution in [1.29, 1.82) is 0 Å². The first-order chi connectivity index (χ1) is 8.34. The Labute approximate surface area is 101 Å². The Morgan fingerprint density at radius 2 is 1.71 bits per heavy atom. The van der Waals surface area contributed by atoms with Crippen LogP contribution in [0.3, 0.4) is 0 Å². The van der Waals surface area contributed by atoms with Gasteiger partial charge in [0, 0.05) is 17.1 Å². The second-order valence-electron chi connectivity index (χ2n) is 4.25. The van der Waals surface area contributed by atoms with Gasteiger partial charge in [-0.15, -0.1) is 0 Å². The molecular weight excluding hydrogens is 206 g/mol. The van der Waals surface area contributed by atoms with E-state index in [1.165, 1.54) is 22.1 Å². The van der Waals surface area contributed by atoms with Gasteiger partial charge in [-0.3, -0.25) is 4.98 Å². The average molecular weight is 219 g/mol. The third kappa shape index (κ3) is 1.80. The first kappa shape index (κ1) is 10.0. The molecule has 1 nitrogen and oxygen atoms in total. The molecule has 1 aromatic heterocycles. The molecule has 0 spiro atoms. The van der Waals surface area contributed by atoms with Crippen molar-refractivity contribution in [3.63, 3.8) is 0 Å². The highest BCUT2D eigenvalue weighted by Gasteiger charge is 2.05. The molecule has 0 amide bonds. The first-order valence-corrected chi connectivity index (χ1v) is 5.75. The first-order valence-electron chi connectivity index (χ1n) is 5.75. The maximum atomic E-state index is 4.50. The third-order valence-electron chi connectivity index (χ3n) is 2.93. The summed E-state index contributed by atoms with van der Waals surface area (Å²) in [5.41, 5.74) is 4.77. The van der Waals surface area contributed by atoms with Crippen molar-refractivity contribution < 1.29 is 0 Å². The number of rotatable bonds is 1. The zero-order chi connectivity index (χ0) is 11.7. The summed E-state index contributed by atoms with van der Waals surface area (Å²) in [5.74, 6) is 0. The SMILES string of the molecule is Cc1cc(-c2ccccc2)c2ncccc2c1. The van der Waals surface area contributed by atoms with Gasteiger partial charge < -0.3 is 0 Å². The van der Waals surface area contributed by atoms with E-state index in [9.17, 15) is 0 Å². The van der Waals surface area contributed by atoms with Crippen LogP contribution in [0.15, 0.2) is 60.8 Å². The number of hydrogen-bond donors (Lipinski definition) is 0. The lowest BCUT2D eigenvalue weighted by atomic mass is 9.99. The van der Waals surface area contributed by atoms with Crippen LogP contribution in [0, 0.1) is 6.92 Å². The number of nitrogens with zero attached hydrogens (tertiary/aromatic N) is 1. The van der Waals surface area contributed by atoms with Gasteiger partial charge in [-0.05, 0) is 36.2 Å². The molecule has 0 aliphatic heterocycles. The molecule has 1 heteroatoms. The van der Waals surface area contributed by atoms with Gasteiger partial charge in [0.25, 0.3) is 0 Å². The van der Waals surface area contributed by atoms with Gasteiger partial charge in [0.15, 0.2) is 0 Å². The van der Waals surface area contributed by atoms with E-state index >= 15 is 0 Å². The molecule has 3 aromatic rings. The minimum absolute atomic E-state index is 1.07. The van der Waals surface area contributed by atoms with E-state index in [2.05, 4.69) is 54.4 Å². The minimum atomic E-state index is 1.07. The van der Waals surface area contributed by atoms with Crippen LogP contribution < -0.4 is 0 Å². The van der Waals surface area contributed by atoms with Crippen LogP contribution in [0.2, 0.25) is 0 Å². The van der Waals surface area contributed by atoms with Crippen LogP contribution in [-0.2, 0) is 0 Å². The van der Waals surface area contributed by atoms with E-state index < -0.39 is 0 Å². The molecule has 0 atom stereocenters. The predicted molar refractivity (Wildman–Crippen MR) is 71.9 cm³/mol. The Kier molecular flexibility index (Phi) is 2.37. The summed E-state index contributed by atoms with van der Waals surface area (Å²) in [6.45, 7) is 2.12. The van der Waals surface area contributed by atoms with Crippen molar-refractivity contribution >= 4 is 10.9 Å². The second-order valence-corrected chi connectivity index (χ2v) is 4.25. The topological polar surface area (TPSA) is 12.9 Å². The molecule has 82 valence electrons. The molecule has 0 bridgehead atoms. The van der Waals surface area contributed by atoms with Crippen molar-refractivity contribution in [3.05, 3.63) is 66.4 Å². The van der Waals surface area contributed by atoms with Gasteiger partial charge in [-0.25, -0.2) is 0 Å². The fourth-order valence-corrected chi connectivity index (χ4v) is 2.18. The normalized spacial score (nSPS) is 10.6. The van der Waals surface area contributed by atoms with E-state index in [4.69, 9.17) is 0 Å². The third-order valence-corrected chi connectivity index (χ3v) is 2.93. The van der Waals surface area contributed by atoms with E-state index in [0.717, 1.165) is 5.52 Å². The number of fused-ring (bicyclic) bond motifs is 1. The maximum absolute atomic E-state index is 4.50. The molecule has 17 heavy (non-hydrogen) atoms. The molecule has 3 rings (SSSR count). The number of aryl methyl sites for hydroxylation is 1. The van der Waals surface area contributed by atoms with Gasteiger partial charge >= 0.3 is 0 Å². The largest absolute Gasteiger partial charge is 0.256 e. The van der Waals surface area contributed by atoms with Crippen molar-refractivity contribution in [2.45, 2.75) is 6.92 Å².